The highest BCUT2D eigenvalue weighted by Crippen LogP contribution is 2.21. The Morgan fingerprint density at radius 2 is 2.17 bits per heavy atom. The molecule has 1 aromatic carbocycles. The Kier molecular flexibility index (Phi) is 3.75. The minimum Gasteiger partial charge on any atom is -0.335 e. The standard InChI is InChI=1S/C14H16FNO2/c1-2-10-7-14(18)16(8-10)9-13(17)11-5-3-4-6-12(11)15/h3-6,10H,2,7-9H2,1H3. The number of nitrogens with zero attached hydrogens (tertiary/aromatic N) is 1. The Morgan fingerprint density at radius 1 is 1.44 bits per heavy atom. The monoisotopic (exact) mass is 249 g/mol. The topological polar surface area (TPSA) is 37.4 Å². The highest BCUT2D eigenvalue weighted by molar-refractivity contribution is 5.99. The SMILES string of the molecule is CCC1CC(=O)N(CC(=O)c2ccccc2F)C1. The zero-order valence-electron chi connectivity index (χ0n) is 10.4. The fraction of sp³-hybridized carbons (Fsp3) is 0.429. The van der Waals surface area contributed by atoms with Gasteiger partial charge < -0.3 is 4.90 Å². The first-order chi connectivity index (χ1) is 8.61. The number of benzene rings is 1. The summed E-state index contributed by atoms with van der Waals surface area (Å²) in [5.74, 6) is -0.545. The van der Waals surface area contributed by atoms with Crippen molar-refractivity contribution in [2.45, 2.75) is 19.8 Å². The molecular weight excluding hydrogens is 233 g/mol. The van der Waals surface area contributed by atoms with Crippen molar-refractivity contribution in [1.29, 1.82) is 0 Å². The van der Waals surface area contributed by atoms with Gasteiger partial charge in [0.25, 0.3) is 0 Å². The molecule has 1 unspecified atom stereocenters. The van der Waals surface area contributed by atoms with Gasteiger partial charge in [-0.1, -0.05) is 25.5 Å². The predicted octanol–water partition coefficient (Wildman–Crippen LogP) is 2.27. The lowest BCUT2D eigenvalue weighted by atomic mass is 10.1. The van der Waals surface area contributed by atoms with E-state index in [1.807, 2.05) is 6.92 Å². The van der Waals surface area contributed by atoms with E-state index in [1.54, 1.807) is 12.1 Å². The molecule has 96 valence electrons. The molecule has 0 aromatic heterocycles. The third-order valence-corrected chi connectivity index (χ3v) is 3.38. The molecule has 3 nitrogen and oxygen atoms in total. The summed E-state index contributed by atoms with van der Waals surface area (Å²) >= 11 is 0. The molecular formula is C14H16FNO2. The predicted molar refractivity (Wildman–Crippen MR) is 65.7 cm³/mol. The van der Waals surface area contributed by atoms with Crippen molar-refractivity contribution >= 4 is 11.7 Å². The second kappa shape index (κ2) is 5.29. The first-order valence-corrected chi connectivity index (χ1v) is 6.17. The quantitative estimate of drug-likeness (QED) is 0.768. The average Bonchev–Trinajstić information content (AvgIpc) is 2.70. The molecule has 1 fully saturated rings. The molecule has 1 aliphatic heterocycles. The second-order valence-corrected chi connectivity index (χ2v) is 4.66. The van der Waals surface area contributed by atoms with Crippen molar-refractivity contribution in [3.05, 3.63) is 35.6 Å². The van der Waals surface area contributed by atoms with Gasteiger partial charge in [0, 0.05) is 13.0 Å². The number of hydrogen-bond acceptors (Lipinski definition) is 2. The number of rotatable bonds is 4. The molecule has 0 radical (unpaired) electrons. The molecule has 1 heterocycles. The summed E-state index contributed by atoms with van der Waals surface area (Å²) in [6, 6.07) is 5.88. The Hall–Kier alpha value is -1.71. The van der Waals surface area contributed by atoms with Gasteiger partial charge in [0.05, 0.1) is 12.1 Å². The molecule has 0 bridgehead atoms. The Labute approximate surface area is 106 Å². The summed E-state index contributed by atoms with van der Waals surface area (Å²) < 4.78 is 13.4. The maximum absolute atomic E-state index is 13.4. The van der Waals surface area contributed by atoms with Crippen LogP contribution in [0.2, 0.25) is 0 Å². The van der Waals surface area contributed by atoms with Crippen LogP contribution >= 0.6 is 0 Å². The van der Waals surface area contributed by atoms with Gasteiger partial charge in [0.15, 0.2) is 5.78 Å². The van der Waals surface area contributed by atoms with E-state index in [4.69, 9.17) is 0 Å². The van der Waals surface area contributed by atoms with Gasteiger partial charge in [-0.05, 0) is 18.1 Å². The molecule has 0 saturated carbocycles. The zero-order valence-corrected chi connectivity index (χ0v) is 10.4. The van der Waals surface area contributed by atoms with E-state index in [2.05, 4.69) is 0 Å². The van der Waals surface area contributed by atoms with Gasteiger partial charge in [0.1, 0.15) is 5.82 Å². The number of Topliss-reactive ketones (excluding diaryl/α,β-unsaturated/α-hetero) is 1. The fourth-order valence-corrected chi connectivity index (χ4v) is 2.23. The maximum Gasteiger partial charge on any atom is 0.223 e. The summed E-state index contributed by atoms with van der Waals surface area (Å²) in [7, 11) is 0. The first-order valence-electron chi connectivity index (χ1n) is 6.17. The van der Waals surface area contributed by atoms with Gasteiger partial charge in [-0.15, -0.1) is 0 Å². The summed E-state index contributed by atoms with van der Waals surface area (Å²) in [5, 5.41) is 0. The number of halogens is 1. The molecule has 4 heteroatoms. The van der Waals surface area contributed by atoms with E-state index < -0.39 is 5.82 Å². The van der Waals surface area contributed by atoms with E-state index in [-0.39, 0.29) is 23.8 Å². The number of likely N-dealkylation sites (tertiary alicyclic amines) is 1. The largest absolute Gasteiger partial charge is 0.335 e. The van der Waals surface area contributed by atoms with Crippen molar-refractivity contribution < 1.29 is 14.0 Å². The Morgan fingerprint density at radius 3 is 2.78 bits per heavy atom. The van der Waals surface area contributed by atoms with Gasteiger partial charge in [-0.2, -0.15) is 0 Å². The molecule has 1 aromatic rings. The van der Waals surface area contributed by atoms with Crippen LogP contribution in [0, 0.1) is 11.7 Å². The van der Waals surface area contributed by atoms with Crippen LogP contribution in [0.15, 0.2) is 24.3 Å². The molecule has 0 spiro atoms. The van der Waals surface area contributed by atoms with Crippen LogP contribution in [0.25, 0.3) is 0 Å². The summed E-state index contributed by atoms with van der Waals surface area (Å²) in [5.41, 5.74) is 0.0604. The lowest BCUT2D eigenvalue weighted by Gasteiger charge is -2.15. The van der Waals surface area contributed by atoms with Crippen LogP contribution in [0.5, 0.6) is 0 Å². The second-order valence-electron chi connectivity index (χ2n) is 4.66. The molecule has 18 heavy (non-hydrogen) atoms. The van der Waals surface area contributed by atoms with Crippen LogP contribution in [-0.2, 0) is 4.79 Å². The van der Waals surface area contributed by atoms with Crippen LogP contribution in [-0.4, -0.2) is 29.7 Å². The number of carbonyl (C=O) groups excluding carboxylic acids is 2. The van der Waals surface area contributed by atoms with Gasteiger partial charge in [0.2, 0.25) is 5.91 Å². The van der Waals surface area contributed by atoms with Crippen molar-refractivity contribution in [2.24, 2.45) is 5.92 Å². The van der Waals surface area contributed by atoms with Crippen molar-refractivity contribution in [1.82, 2.24) is 4.90 Å². The smallest absolute Gasteiger partial charge is 0.223 e. The minimum absolute atomic E-state index is 0.00783. The maximum atomic E-state index is 13.4. The first kappa shape index (κ1) is 12.7. The highest BCUT2D eigenvalue weighted by atomic mass is 19.1. The van der Waals surface area contributed by atoms with Crippen molar-refractivity contribution in [2.75, 3.05) is 13.1 Å². The third-order valence-electron chi connectivity index (χ3n) is 3.38. The third kappa shape index (κ3) is 2.58. The number of ketones is 1. The number of carbonyl (C=O) groups is 2. The van der Waals surface area contributed by atoms with Crippen LogP contribution in [0.4, 0.5) is 4.39 Å². The summed E-state index contributed by atoms with van der Waals surface area (Å²) in [6.07, 6.45) is 1.43. The van der Waals surface area contributed by atoms with Crippen molar-refractivity contribution in [3.63, 3.8) is 0 Å². The summed E-state index contributed by atoms with van der Waals surface area (Å²) in [6.45, 7) is 2.62. The molecule has 0 aliphatic carbocycles. The zero-order chi connectivity index (χ0) is 13.1. The van der Waals surface area contributed by atoms with Crippen molar-refractivity contribution in [3.8, 4) is 0 Å². The molecule has 2 rings (SSSR count). The van der Waals surface area contributed by atoms with E-state index in [1.165, 1.54) is 17.0 Å². The Balaban J connectivity index is 2.05. The molecule has 1 atom stereocenters. The lowest BCUT2D eigenvalue weighted by Crippen LogP contribution is -2.31. The average molecular weight is 249 g/mol. The molecule has 0 N–H and O–H groups in total. The minimum atomic E-state index is -0.527. The van der Waals surface area contributed by atoms with Gasteiger partial charge in [-0.25, -0.2) is 4.39 Å². The van der Waals surface area contributed by atoms with Crippen LogP contribution in [0.3, 0.4) is 0 Å². The lowest BCUT2D eigenvalue weighted by molar-refractivity contribution is -0.127. The number of amides is 1. The van der Waals surface area contributed by atoms with E-state index >= 15 is 0 Å². The Bertz CT molecular complexity index is 473. The summed E-state index contributed by atoms with van der Waals surface area (Å²) in [4.78, 5) is 25.1. The molecule has 1 amide bonds. The number of hydrogen-bond donors (Lipinski definition) is 0. The normalized spacial score (nSPS) is 19.3. The van der Waals surface area contributed by atoms with E-state index in [9.17, 15) is 14.0 Å². The molecule has 1 saturated heterocycles. The van der Waals surface area contributed by atoms with Gasteiger partial charge >= 0.3 is 0 Å². The molecule has 1 aliphatic rings. The van der Waals surface area contributed by atoms with Gasteiger partial charge in [-0.3, -0.25) is 9.59 Å². The van der Waals surface area contributed by atoms with E-state index in [0.29, 0.717) is 18.9 Å². The highest BCUT2D eigenvalue weighted by Gasteiger charge is 2.30. The van der Waals surface area contributed by atoms with E-state index in [0.717, 1.165) is 6.42 Å². The van der Waals surface area contributed by atoms with Crippen LogP contribution in [0.1, 0.15) is 30.1 Å². The van der Waals surface area contributed by atoms with Crippen LogP contribution < -0.4 is 0 Å². The fourth-order valence-electron chi connectivity index (χ4n) is 2.23.